The minimum Gasteiger partial charge on any atom is -0.339 e. The van der Waals surface area contributed by atoms with Gasteiger partial charge < -0.3 is 9.84 Å². The fourth-order valence-electron chi connectivity index (χ4n) is 2.26. The molecule has 0 amide bonds. The molecule has 0 aliphatic carbocycles. The molecule has 7 nitrogen and oxygen atoms in total. The maximum absolute atomic E-state index is 5.21. The summed E-state index contributed by atoms with van der Waals surface area (Å²) in [5, 5.41) is 13.7. The van der Waals surface area contributed by atoms with Crippen molar-refractivity contribution in [3.63, 3.8) is 0 Å². The molecule has 0 spiro atoms. The summed E-state index contributed by atoms with van der Waals surface area (Å²) < 4.78 is 5.21. The molecule has 2 N–H and O–H groups in total. The summed E-state index contributed by atoms with van der Waals surface area (Å²) >= 11 is 0. The first-order chi connectivity index (χ1) is 8.92. The Morgan fingerprint density at radius 2 is 2.22 bits per heavy atom. The molecule has 0 aromatic carbocycles. The van der Waals surface area contributed by atoms with E-state index < -0.39 is 0 Å². The third-order valence-corrected chi connectivity index (χ3v) is 3.32. The number of H-pyrrole nitrogens is 1. The van der Waals surface area contributed by atoms with Gasteiger partial charge in [0, 0.05) is 6.42 Å². The fourth-order valence-corrected chi connectivity index (χ4v) is 2.26. The molecule has 7 heteroatoms. The molecule has 2 aromatic rings. The molecule has 0 atom stereocenters. The first kappa shape index (κ1) is 11.3. The zero-order chi connectivity index (χ0) is 12.2. The lowest BCUT2D eigenvalue weighted by molar-refractivity contribution is 0.324. The van der Waals surface area contributed by atoms with Gasteiger partial charge in [0.05, 0.1) is 0 Å². The summed E-state index contributed by atoms with van der Waals surface area (Å²) in [7, 11) is 0. The van der Waals surface area contributed by atoms with Crippen LogP contribution in [0.25, 0.3) is 11.6 Å². The number of hydrogen-bond acceptors (Lipinski definition) is 6. The average molecular weight is 248 g/mol. The highest BCUT2D eigenvalue weighted by molar-refractivity contribution is 5.39. The maximum Gasteiger partial charge on any atom is 0.239 e. The van der Waals surface area contributed by atoms with E-state index in [4.69, 9.17) is 4.52 Å². The molecule has 18 heavy (non-hydrogen) atoms. The summed E-state index contributed by atoms with van der Waals surface area (Å²) in [6.07, 6.45) is 5.86. The van der Waals surface area contributed by atoms with Crippen LogP contribution in [0.1, 0.15) is 25.2 Å². The van der Waals surface area contributed by atoms with Crippen molar-refractivity contribution >= 4 is 0 Å². The van der Waals surface area contributed by atoms with E-state index in [1.807, 2.05) is 0 Å². The molecule has 1 fully saturated rings. The second-order valence-electron chi connectivity index (χ2n) is 4.58. The number of nitrogens with one attached hydrogen (secondary N) is 2. The van der Waals surface area contributed by atoms with Crippen molar-refractivity contribution in [3.05, 3.63) is 12.2 Å². The van der Waals surface area contributed by atoms with Crippen LogP contribution in [0, 0.1) is 5.92 Å². The van der Waals surface area contributed by atoms with Gasteiger partial charge in [-0.1, -0.05) is 5.16 Å². The molecule has 0 unspecified atom stereocenters. The average Bonchev–Trinajstić information content (AvgIpc) is 3.08. The lowest BCUT2D eigenvalue weighted by atomic mass is 9.93. The molecule has 3 rings (SSSR count). The molecule has 0 saturated carbocycles. The highest BCUT2D eigenvalue weighted by Crippen LogP contribution is 2.19. The van der Waals surface area contributed by atoms with Gasteiger partial charge in [-0.15, -0.1) is 0 Å². The van der Waals surface area contributed by atoms with E-state index in [1.54, 1.807) is 0 Å². The van der Waals surface area contributed by atoms with Crippen molar-refractivity contribution in [2.24, 2.45) is 5.92 Å². The number of rotatable bonds is 4. The topological polar surface area (TPSA) is 92.5 Å². The van der Waals surface area contributed by atoms with E-state index in [9.17, 15) is 0 Å². The van der Waals surface area contributed by atoms with E-state index in [1.165, 1.54) is 19.2 Å². The van der Waals surface area contributed by atoms with Crippen LogP contribution >= 0.6 is 0 Å². The molecule has 1 aliphatic heterocycles. The number of aryl methyl sites for hydroxylation is 1. The van der Waals surface area contributed by atoms with E-state index in [0.717, 1.165) is 31.8 Å². The minimum absolute atomic E-state index is 0.479. The normalized spacial score (nSPS) is 17.1. The quantitative estimate of drug-likeness (QED) is 0.831. The van der Waals surface area contributed by atoms with Gasteiger partial charge in [-0.25, -0.2) is 4.98 Å². The van der Waals surface area contributed by atoms with Gasteiger partial charge in [0.25, 0.3) is 0 Å². The number of aromatic amines is 1. The Hall–Kier alpha value is -1.76. The molecular weight excluding hydrogens is 232 g/mol. The van der Waals surface area contributed by atoms with E-state index in [0.29, 0.717) is 17.5 Å². The number of piperidine rings is 1. The molecule has 0 bridgehead atoms. The van der Waals surface area contributed by atoms with Crippen molar-refractivity contribution in [1.29, 1.82) is 0 Å². The van der Waals surface area contributed by atoms with E-state index >= 15 is 0 Å². The molecular formula is C11H16N6O. The Balaban J connectivity index is 1.57. The van der Waals surface area contributed by atoms with Crippen molar-refractivity contribution in [1.82, 2.24) is 30.6 Å². The van der Waals surface area contributed by atoms with Crippen LogP contribution in [0.15, 0.2) is 10.9 Å². The number of aromatic nitrogens is 5. The van der Waals surface area contributed by atoms with Crippen LogP contribution in [-0.2, 0) is 6.42 Å². The Morgan fingerprint density at radius 3 is 3.00 bits per heavy atom. The predicted octanol–water partition coefficient (Wildman–Crippen LogP) is 0.787. The summed E-state index contributed by atoms with van der Waals surface area (Å²) in [6, 6.07) is 0. The van der Waals surface area contributed by atoms with Gasteiger partial charge in [-0.05, 0) is 38.3 Å². The Labute approximate surface area is 104 Å². The Kier molecular flexibility index (Phi) is 3.31. The lowest BCUT2D eigenvalue weighted by Gasteiger charge is -2.21. The first-order valence-corrected chi connectivity index (χ1v) is 6.31. The van der Waals surface area contributed by atoms with Gasteiger partial charge in [-0.2, -0.15) is 10.1 Å². The summed E-state index contributed by atoms with van der Waals surface area (Å²) in [6.45, 7) is 2.25. The second-order valence-corrected chi connectivity index (χ2v) is 4.58. The van der Waals surface area contributed by atoms with Crippen molar-refractivity contribution in [2.45, 2.75) is 25.7 Å². The largest absolute Gasteiger partial charge is 0.339 e. The van der Waals surface area contributed by atoms with E-state index in [2.05, 4.69) is 30.6 Å². The third-order valence-electron chi connectivity index (χ3n) is 3.32. The van der Waals surface area contributed by atoms with Gasteiger partial charge in [-0.3, -0.25) is 5.10 Å². The summed E-state index contributed by atoms with van der Waals surface area (Å²) in [5.74, 6) is 2.48. The third kappa shape index (κ3) is 2.56. The van der Waals surface area contributed by atoms with Crippen molar-refractivity contribution in [3.8, 4) is 11.6 Å². The zero-order valence-electron chi connectivity index (χ0n) is 10.1. The maximum atomic E-state index is 5.21. The van der Waals surface area contributed by atoms with Gasteiger partial charge >= 0.3 is 0 Å². The Morgan fingerprint density at radius 1 is 1.33 bits per heavy atom. The van der Waals surface area contributed by atoms with Crippen LogP contribution in [0.2, 0.25) is 0 Å². The molecule has 1 saturated heterocycles. The highest BCUT2D eigenvalue weighted by atomic mass is 16.5. The first-order valence-electron chi connectivity index (χ1n) is 6.31. The smallest absolute Gasteiger partial charge is 0.239 e. The summed E-state index contributed by atoms with van der Waals surface area (Å²) in [4.78, 5) is 8.30. The molecule has 3 heterocycles. The van der Waals surface area contributed by atoms with Crippen LogP contribution in [0.4, 0.5) is 0 Å². The van der Waals surface area contributed by atoms with Crippen LogP contribution in [0.5, 0.6) is 0 Å². The molecule has 0 radical (unpaired) electrons. The van der Waals surface area contributed by atoms with Crippen LogP contribution < -0.4 is 5.32 Å². The van der Waals surface area contributed by atoms with Crippen molar-refractivity contribution < 1.29 is 4.52 Å². The monoisotopic (exact) mass is 248 g/mol. The molecule has 1 aliphatic rings. The highest BCUT2D eigenvalue weighted by Gasteiger charge is 2.16. The fraction of sp³-hybridized carbons (Fsp3) is 0.636. The second kappa shape index (κ2) is 5.26. The van der Waals surface area contributed by atoms with Gasteiger partial charge in [0.15, 0.2) is 5.82 Å². The standard InChI is InChI=1S/C11H16N6O/c1(8-3-5-12-6-4-8)2-9-15-11(17-18-9)10-13-7-14-16-10/h7-8,12H,1-6H2,(H,13,14,16). The minimum atomic E-state index is 0.479. The number of nitrogens with zero attached hydrogens (tertiary/aromatic N) is 4. The van der Waals surface area contributed by atoms with Crippen LogP contribution in [-0.4, -0.2) is 38.4 Å². The van der Waals surface area contributed by atoms with Crippen molar-refractivity contribution in [2.75, 3.05) is 13.1 Å². The Bertz CT molecular complexity index is 473. The molecule has 2 aromatic heterocycles. The predicted molar refractivity (Wildman–Crippen MR) is 63.6 cm³/mol. The lowest BCUT2D eigenvalue weighted by Crippen LogP contribution is -2.27. The van der Waals surface area contributed by atoms with Gasteiger partial charge in [0.2, 0.25) is 11.7 Å². The van der Waals surface area contributed by atoms with Gasteiger partial charge in [0.1, 0.15) is 6.33 Å². The SMILES string of the molecule is c1n[nH]c(-c2noc(CCC3CCNCC3)n2)n1. The van der Waals surface area contributed by atoms with Crippen LogP contribution in [0.3, 0.4) is 0 Å². The zero-order valence-corrected chi connectivity index (χ0v) is 10.1. The molecule has 96 valence electrons. The summed E-state index contributed by atoms with van der Waals surface area (Å²) in [5.41, 5.74) is 0. The number of hydrogen-bond donors (Lipinski definition) is 2. The van der Waals surface area contributed by atoms with E-state index in [-0.39, 0.29) is 0 Å².